The third-order valence-electron chi connectivity index (χ3n) is 2.26. The van der Waals surface area contributed by atoms with E-state index in [-0.39, 0.29) is 12.2 Å². The Kier molecular flexibility index (Phi) is 4.00. The molecule has 0 aromatic carbocycles. The number of pyridine rings is 1. The van der Waals surface area contributed by atoms with Crippen molar-refractivity contribution in [1.29, 1.82) is 0 Å². The van der Waals surface area contributed by atoms with Crippen molar-refractivity contribution in [2.45, 2.75) is 18.6 Å². The predicted octanol–water partition coefficient (Wildman–Crippen LogP) is 0.512. The molecule has 0 aliphatic carbocycles. The number of sulfone groups is 1. The summed E-state index contributed by atoms with van der Waals surface area (Å²) in [6.07, 6.45) is 1.81. The largest absolute Gasteiger partial charge is 0.480 e. The Bertz CT molecular complexity index is 455. The molecule has 6 heteroatoms. The van der Waals surface area contributed by atoms with Gasteiger partial charge in [-0.1, -0.05) is 6.07 Å². The van der Waals surface area contributed by atoms with Crippen LogP contribution in [0.5, 0.6) is 0 Å². The lowest BCUT2D eigenvalue weighted by Crippen LogP contribution is -2.29. The number of aliphatic carboxylic acids is 1. The first-order valence-electron chi connectivity index (χ1n) is 4.78. The number of aryl methyl sites for hydroxylation is 1. The van der Waals surface area contributed by atoms with E-state index in [0.717, 1.165) is 0 Å². The van der Waals surface area contributed by atoms with Crippen LogP contribution in [-0.2, 0) is 21.1 Å². The van der Waals surface area contributed by atoms with Gasteiger partial charge in [-0.3, -0.25) is 9.78 Å². The lowest BCUT2D eigenvalue weighted by atomic mass is 10.3. The van der Waals surface area contributed by atoms with Gasteiger partial charge in [-0.15, -0.1) is 0 Å². The smallest absolute Gasteiger partial charge is 0.321 e. The van der Waals surface area contributed by atoms with Crippen molar-refractivity contribution < 1.29 is 18.3 Å². The molecule has 0 bridgehead atoms. The summed E-state index contributed by atoms with van der Waals surface area (Å²) in [7, 11) is -3.60. The van der Waals surface area contributed by atoms with E-state index >= 15 is 0 Å². The number of carboxylic acids is 1. The van der Waals surface area contributed by atoms with Crippen molar-refractivity contribution in [3.05, 3.63) is 30.1 Å². The standard InChI is InChI=1S/C10H13NO4S/c1-8(10(12)13)16(14,15)7-5-9-4-2-3-6-11-9/h2-4,6,8H,5,7H2,1H3,(H,12,13). The van der Waals surface area contributed by atoms with Crippen LogP contribution in [0.15, 0.2) is 24.4 Å². The fourth-order valence-corrected chi connectivity index (χ4v) is 2.28. The highest BCUT2D eigenvalue weighted by Crippen LogP contribution is 2.05. The molecule has 0 saturated carbocycles. The van der Waals surface area contributed by atoms with Crippen LogP contribution in [0.1, 0.15) is 12.6 Å². The van der Waals surface area contributed by atoms with Gasteiger partial charge in [-0.05, 0) is 19.1 Å². The highest BCUT2D eigenvalue weighted by atomic mass is 32.2. The summed E-state index contributed by atoms with van der Waals surface area (Å²) in [6.45, 7) is 1.18. The number of carboxylic acid groups (broad SMARTS) is 1. The first kappa shape index (κ1) is 12.6. The second-order valence-electron chi connectivity index (χ2n) is 3.42. The van der Waals surface area contributed by atoms with Gasteiger partial charge >= 0.3 is 5.97 Å². The highest BCUT2D eigenvalue weighted by molar-refractivity contribution is 7.92. The molecule has 0 spiro atoms. The third kappa shape index (κ3) is 3.30. The van der Waals surface area contributed by atoms with Gasteiger partial charge in [0.1, 0.15) is 0 Å². The molecule has 0 radical (unpaired) electrons. The number of carbonyl (C=O) groups is 1. The van der Waals surface area contributed by atoms with Crippen molar-refractivity contribution in [3.63, 3.8) is 0 Å². The molecule has 5 nitrogen and oxygen atoms in total. The minimum absolute atomic E-state index is 0.197. The zero-order valence-electron chi connectivity index (χ0n) is 8.83. The Morgan fingerprint density at radius 1 is 1.50 bits per heavy atom. The van der Waals surface area contributed by atoms with Crippen LogP contribution < -0.4 is 0 Å². The summed E-state index contributed by atoms with van der Waals surface area (Å²) in [5.74, 6) is -1.52. The molecule has 1 rings (SSSR count). The van der Waals surface area contributed by atoms with E-state index in [0.29, 0.717) is 5.69 Å². The van der Waals surface area contributed by atoms with Gasteiger partial charge in [0.05, 0.1) is 5.75 Å². The molecule has 1 N–H and O–H groups in total. The topological polar surface area (TPSA) is 84.3 Å². The molecule has 1 atom stereocenters. The number of hydrogen-bond acceptors (Lipinski definition) is 4. The summed E-state index contributed by atoms with van der Waals surface area (Å²) < 4.78 is 23.1. The fourth-order valence-electron chi connectivity index (χ4n) is 1.12. The number of hydrogen-bond donors (Lipinski definition) is 1. The minimum atomic E-state index is -3.60. The Hall–Kier alpha value is -1.43. The second-order valence-corrected chi connectivity index (χ2v) is 5.86. The number of nitrogens with zero attached hydrogens (tertiary/aromatic N) is 1. The van der Waals surface area contributed by atoms with E-state index in [1.54, 1.807) is 24.4 Å². The Labute approximate surface area is 94.1 Å². The molecular weight excluding hydrogens is 230 g/mol. The number of aromatic nitrogens is 1. The molecule has 1 unspecified atom stereocenters. The van der Waals surface area contributed by atoms with E-state index in [4.69, 9.17) is 5.11 Å². The molecule has 1 aromatic heterocycles. The number of rotatable bonds is 5. The summed E-state index contributed by atoms with van der Waals surface area (Å²) in [5.41, 5.74) is 0.642. The molecule has 16 heavy (non-hydrogen) atoms. The summed E-state index contributed by atoms with van der Waals surface area (Å²) in [5, 5.41) is 7.26. The average Bonchev–Trinajstić information content (AvgIpc) is 2.27. The fraction of sp³-hybridized carbons (Fsp3) is 0.400. The molecule has 0 aliphatic rings. The van der Waals surface area contributed by atoms with Gasteiger partial charge in [-0.2, -0.15) is 0 Å². The molecule has 88 valence electrons. The lowest BCUT2D eigenvalue weighted by Gasteiger charge is -2.07. The van der Waals surface area contributed by atoms with Gasteiger partial charge in [0, 0.05) is 18.3 Å². The van der Waals surface area contributed by atoms with Crippen LogP contribution in [0.25, 0.3) is 0 Å². The maximum atomic E-state index is 11.5. The van der Waals surface area contributed by atoms with Gasteiger partial charge in [0.15, 0.2) is 15.1 Å². The van der Waals surface area contributed by atoms with Crippen LogP contribution in [-0.4, -0.2) is 35.5 Å². The molecule has 0 amide bonds. The second kappa shape index (κ2) is 5.07. The molecule has 1 aromatic rings. The third-order valence-corrected chi connectivity index (χ3v) is 4.31. The molecular formula is C10H13NO4S. The zero-order valence-corrected chi connectivity index (χ0v) is 9.64. The zero-order chi connectivity index (χ0) is 12.2. The highest BCUT2D eigenvalue weighted by Gasteiger charge is 2.27. The first-order valence-corrected chi connectivity index (χ1v) is 6.49. The van der Waals surface area contributed by atoms with E-state index in [1.165, 1.54) is 6.92 Å². The van der Waals surface area contributed by atoms with Crippen molar-refractivity contribution >= 4 is 15.8 Å². The Morgan fingerprint density at radius 3 is 2.69 bits per heavy atom. The van der Waals surface area contributed by atoms with Crippen molar-refractivity contribution in [1.82, 2.24) is 4.98 Å². The molecule has 0 fully saturated rings. The van der Waals surface area contributed by atoms with Crippen LogP contribution in [0.2, 0.25) is 0 Å². The normalized spacial score (nSPS) is 13.3. The van der Waals surface area contributed by atoms with Crippen LogP contribution >= 0.6 is 0 Å². The maximum absolute atomic E-state index is 11.5. The summed E-state index contributed by atoms with van der Waals surface area (Å²) in [6, 6.07) is 5.20. The predicted molar refractivity (Wildman–Crippen MR) is 58.8 cm³/mol. The minimum Gasteiger partial charge on any atom is -0.480 e. The van der Waals surface area contributed by atoms with Crippen LogP contribution in [0.3, 0.4) is 0 Å². The van der Waals surface area contributed by atoms with Gasteiger partial charge < -0.3 is 5.11 Å². The van der Waals surface area contributed by atoms with Gasteiger partial charge in [0.2, 0.25) is 0 Å². The molecule has 1 heterocycles. The summed E-state index contributed by atoms with van der Waals surface area (Å²) in [4.78, 5) is 14.5. The van der Waals surface area contributed by atoms with Crippen LogP contribution in [0.4, 0.5) is 0 Å². The first-order chi connectivity index (χ1) is 7.43. The SMILES string of the molecule is CC(C(=O)O)S(=O)(=O)CCc1ccccn1. The quantitative estimate of drug-likeness (QED) is 0.814. The van der Waals surface area contributed by atoms with Crippen LogP contribution in [0, 0.1) is 0 Å². The monoisotopic (exact) mass is 243 g/mol. The summed E-state index contributed by atoms with van der Waals surface area (Å²) >= 11 is 0. The molecule has 0 aliphatic heterocycles. The van der Waals surface area contributed by atoms with Gasteiger partial charge in [-0.25, -0.2) is 8.42 Å². The van der Waals surface area contributed by atoms with E-state index < -0.39 is 21.1 Å². The maximum Gasteiger partial charge on any atom is 0.321 e. The molecule has 0 saturated heterocycles. The Morgan fingerprint density at radius 2 is 2.19 bits per heavy atom. The van der Waals surface area contributed by atoms with E-state index in [2.05, 4.69) is 4.98 Å². The van der Waals surface area contributed by atoms with E-state index in [1.807, 2.05) is 0 Å². The van der Waals surface area contributed by atoms with Crippen molar-refractivity contribution in [2.75, 3.05) is 5.75 Å². The van der Waals surface area contributed by atoms with E-state index in [9.17, 15) is 13.2 Å². The van der Waals surface area contributed by atoms with Crippen molar-refractivity contribution in [2.24, 2.45) is 0 Å². The lowest BCUT2D eigenvalue weighted by molar-refractivity contribution is -0.136. The Balaban J connectivity index is 2.65. The average molecular weight is 243 g/mol. The van der Waals surface area contributed by atoms with Gasteiger partial charge in [0.25, 0.3) is 0 Å². The van der Waals surface area contributed by atoms with Crippen molar-refractivity contribution in [3.8, 4) is 0 Å².